The largest absolute Gasteiger partial charge is 0.349 e. The number of nitrogens with one attached hydrogen (secondary N) is 2. The Morgan fingerprint density at radius 1 is 1.35 bits per heavy atom. The third-order valence-electron chi connectivity index (χ3n) is 4.12. The molecule has 1 atom stereocenters. The van der Waals surface area contributed by atoms with E-state index in [0.29, 0.717) is 33.7 Å². The lowest BCUT2D eigenvalue weighted by Gasteiger charge is -2.20. The molecule has 124 valence electrons. The minimum atomic E-state index is -0.133. The second kappa shape index (κ2) is 7.08. The number of fused-ring (bicyclic) bond motifs is 1. The number of nitrogens with zero attached hydrogens (tertiary/aromatic N) is 1. The summed E-state index contributed by atoms with van der Waals surface area (Å²) in [5.74, 6) is 0.235. The molecule has 0 aliphatic carbocycles. The van der Waals surface area contributed by atoms with Gasteiger partial charge in [0.15, 0.2) is 4.77 Å². The van der Waals surface area contributed by atoms with Crippen LogP contribution in [0.1, 0.15) is 44.5 Å². The first-order chi connectivity index (χ1) is 10.9. The fourth-order valence-corrected chi connectivity index (χ4v) is 3.00. The minimum absolute atomic E-state index is 0.129. The average molecular weight is 333 g/mol. The summed E-state index contributed by atoms with van der Waals surface area (Å²) in [5.41, 5.74) is 0.984. The third kappa shape index (κ3) is 3.52. The molecule has 0 unspecified atom stereocenters. The molecule has 0 spiro atoms. The molecule has 0 aliphatic rings. The zero-order chi connectivity index (χ0) is 17.1. The van der Waals surface area contributed by atoms with Crippen LogP contribution in [0.3, 0.4) is 0 Å². The van der Waals surface area contributed by atoms with Crippen molar-refractivity contribution in [3.05, 3.63) is 38.9 Å². The molecule has 0 saturated heterocycles. The maximum Gasteiger partial charge on any atom is 0.262 e. The van der Waals surface area contributed by atoms with Gasteiger partial charge < -0.3 is 10.3 Å². The number of H-pyrrole nitrogens is 1. The summed E-state index contributed by atoms with van der Waals surface area (Å²) in [6.07, 6.45) is 0.876. The Bertz CT molecular complexity index is 836. The van der Waals surface area contributed by atoms with E-state index in [1.54, 1.807) is 18.2 Å². The van der Waals surface area contributed by atoms with E-state index in [9.17, 15) is 9.59 Å². The van der Waals surface area contributed by atoms with Gasteiger partial charge >= 0.3 is 0 Å². The first kappa shape index (κ1) is 17.4. The molecule has 6 heteroatoms. The van der Waals surface area contributed by atoms with Gasteiger partial charge in [-0.2, -0.15) is 0 Å². The Hall–Kier alpha value is -1.95. The fraction of sp³-hybridized carbons (Fsp3) is 0.471. The van der Waals surface area contributed by atoms with Gasteiger partial charge in [-0.25, -0.2) is 0 Å². The molecule has 1 heterocycles. The first-order valence-electron chi connectivity index (χ1n) is 7.96. The molecule has 2 rings (SSSR count). The van der Waals surface area contributed by atoms with Gasteiger partial charge in [0.05, 0.1) is 10.9 Å². The summed E-state index contributed by atoms with van der Waals surface area (Å²) in [6, 6.07) is 5.18. The van der Waals surface area contributed by atoms with Crippen LogP contribution in [0.15, 0.2) is 23.0 Å². The molecule has 1 aromatic carbocycles. The van der Waals surface area contributed by atoms with E-state index in [1.165, 1.54) is 4.57 Å². The molecule has 0 fully saturated rings. The minimum Gasteiger partial charge on any atom is -0.349 e. The average Bonchev–Trinajstić information content (AvgIpc) is 2.51. The van der Waals surface area contributed by atoms with E-state index in [-0.39, 0.29) is 17.5 Å². The molecule has 1 aromatic heterocycles. The molecule has 23 heavy (non-hydrogen) atoms. The first-order valence-corrected chi connectivity index (χ1v) is 8.37. The van der Waals surface area contributed by atoms with Gasteiger partial charge in [0, 0.05) is 18.2 Å². The van der Waals surface area contributed by atoms with E-state index in [1.807, 2.05) is 6.92 Å². The van der Waals surface area contributed by atoms with Crippen LogP contribution in [0.2, 0.25) is 0 Å². The van der Waals surface area contributed by atoms with E-state index >= 15 is 0 Å². The van der Waals surface area contributed by atoms with E-state index in [2.05, 4.69) is 31.1 Å². The highest BCUT2D eigenvalue weighted by Crippen LogP contribution is 2.12. The summed E-state index contributed by atoms with van der Waals surface area (Å²) >= 11 is 5.20. The summed E-state index contributed by atoms with van der Waals surface area (Å²) in [7, 11) is 0. The Labute approximate surface area is 140 Å². The predicted octanol–water partition coefficient (Wildman–Crippen LogP) is 3.24. The highest BCUT2D eigenvalue weighted by atomic mass is 32.1. The van der Waals surface area contributed by atoms with Crippen molar-refractivity contribution in [2.75, 3.05) is 0 Å². The van der Waals surface area contributed by atoms with Gasteiger partial charge in [-0.05, 0) is 49.7 Å². The van der Waals surface area contributed by atoms with Crippen LogP contribution in [-0.2, 0) is 6.54 Å². The molecular weight excluding hydrogens is 310 g/mol. The summed E-state index contributed by atoms with van der Waals surface area (Å²) in [4.78, 5) is 27.8. The van der Waals surface area contributed by atoms with Crippen LogP contribution in [0.5, 0.6) is 0 Å². The Kier molecular flexibility index (Phi) is 5.36. The maximum absolute atomic E-state index is 12.4. The molecule has 1 amide bonds. The zero-order valence-corrected chi connectivity index (χ0v) is 14.8. The normalized spacial score (nSPS) is 12.6. The summed E-state index contributed by atoms with van der Waals surface area (Å²) in [5, 5.41) is 3.57. The number of aromatic nitrogens is 2. The lowest BCUT2D eigenvalue weighted by Crippen LogP contribution is -2.38. The van der Waals surface area contributed by atoms with Crippen molar-refractivity contribution >= 4 is 29.0 Å². The smallest absolute Gasteiger partial charge is 0.262 e. The van der Waals surface area contributed by atoms with Crippen molar-refractivity contribution in [3.8, 4) is 0 Å². The van der Waals surface area contributed by atoms with Crippen molar-refractivity contribution in [2.45, 2.75) is 46.7 Å². The number of carbonyl (C=O) groups is 1. The second-order valence-electron chi connectivity index (χ2n) is 5.97. The fourth-order valence-electron chi connectivity index (χ4n) is 2.67. The SMILES string of the molecule is CC[C@H](NC(=O)c1ccc2c(=O)n(CC)c(=S)[nH]c2c1)C(C)C. The van der Waals surface area contributed by atoms with Crippen molar-refractivity contribution in [1.29, 1.82) is 0 Å². The quantitative estimate of drug-likeness (QED) is 0.826. The molecule has 0 saturated carbocycles. The van der Waals surface area contributed by atoms with Crippen LogP contribution >= 0.6 is 12.2 Å². The lowest BCUT2D eigenvalue weighted by atomic mass is 10.0. The number of amides is 1. The zero-order valence-electron chi connectivity index (χ0n) is 14.0. The van der Waals surface area contributed by atoms with Crippen LogP contribution in [-0.4, -0.2) is 21.5 Å². The number of benzene rings is 1. The Morgan fingerprint density at radius 3 is 2.61 bits per heavy atom. The Balaban J connectivity index is 2.43. The number of hydrogen-bond acceptors (Lipinski definition) is 3. The number of carbonyl (C=O) groups excluding carboxylic acids is 1. The number of aromatic amines is 1. The van der Waals surface area contributed by atoms with Gasteiger partial charge in [-0.15, -0.1) is 0 Å². The van der Waals surface area contributed by atoms with Gasteiger partial charge in [-0.3, -0.25) is 14.2 Å². The van der Waals surface area contributed by atoms with Gasteiger partial charge in [0.2, 0.25) is 0 Å². The van der Waals surface area contributed by atoms with Gasteiger partial charge in [0.1, 0.15) is 0 Å². The van der Waals surface area contributed by atoms with Crippen molar-refractivity contribution in [1.82, 2.24) is 14.9 Å². The van der Waals surface area contributed by atoms with Crippen LogP contribution in [0.4, 0.5) is 0 Å². The topological polar surface area (TPSA) is 66.9 Å². The molecule has 5 nitrogen and oxygen atoms in total. The highest BCUT2D eigenvalue weighted by Gasteiger charge is 2.16. The predicted molar refractivity (Wildman–Crippen MR) is 95.4 cm³/mol. The maximum atomic E-state index is 12.4. The van der Waals surface area contributed by atoms with Crippen molar-refractivity contribution in [3.63, 3.8) is 0 Å². The molecule has 2 aromatic rings. The van der Waals surface area contributed by atoms with E-state index < -0.39 is 0 Å². The third-order valence-corrected chi connectivity index (χ3v) is 4.44. The Morgan fingerprint density at radius 2 is 2.04 bits per heavy atom. The monoisotopic (exact) mass is 333 g/mol. The number of rotatable bonds is 5. The van der Waals surface area contributed by atoms with Crippen LogP contribution < -0.4 is 10.9 Å². The molecule has 0 radical (unpaired) electrons. The molecule has 2 N–H and O–H groups in total. The number of hydrogen-bond donors (Lipinski definition) is 2. The lowest BCUT2D eigenvalue weighted by molar-refractivity contribution is 0.0924. The van der Waals surface area contributed by atoms with E-state index in [0.717, 1.165) is 6.42 Å². The van der Waals surface area contributed by atoms with Crippen molar-refractivity contribution in [2.24, 2.45) is 5.92 Å². The van der Waals surface area contributed by atoms with Crippen LogP contribution in [0, 0.1) is 10.7 Å². The van der Waals surface area contributed by atoms with Gasteiger partial charge in [-0.1, -0.05) is 20.8 Å². The summed E-state index contributed by atoms with van der Waals surface area (Å²) in [6.45, 7) is 8.60. The summed E-state index contributed by atoms with van der Waals surface area (Å²) < 4.78 is 1.87. The molecule has 0 bridgehead atoms. The second-order valence-corrected chi connectivity index (χ2v) is 6.36. The highest BCUT2D eigenvalue weighted by molar-refractivity contribution is 7.71. The molecule has 0 aliphatic heterocycles. The molecular formula is C17H23N3O2S. The van der Waals surface area contributed by atoms with Crippen LogP contribution in [0.25, 0.3) is 10.9 Å². The van der Waals surface area contributed by atoms with Crippen molar-refractivity contribution < 1.29 is 4.79 Å². The van der Waals surface area contributed by atoms with E-state index in [4.69, 9.17) is 12.2 Å². The van der Waals surface area contributed by atoms with Gasteiger partial charge in [0.25, 0.3) is 11.5 Å². The standard InChI is InChI=1S/C17H23N3O2S/c1-5-13(10(3)4)18-15(21)11-7-8-12-14(9-11)19-17(23)20(6-2)16(12)22/h7-10,13H,5-6H2,1-4H3,(H,18,21)(H,19,23)/t13-/m0/s1.